The van der Waals surface area contributed by atoms with Crippen molar-refractivity contribution < 1.29 is 19.1 Å². The van der Waals surface area contributed by atoms with Crippen LogP contribution in [0.15, 0.2) is 0 Å². The number of hydrogen-bond donors (Lipinski definition) is 2. The third-order valence-electron chi connectivity index (χ3n) is 4.53. The van der Waals surface area contributed by atoms with E-state index < -0.39 is 24.0 Å². The quantitative estimate of drug-likeness (QED) is 0.539. The monoisotopic (exact) mass is 401 g/mol. The highest BCUT2D eigenvalue weighted by atomic mass is 32.2. The van der Waals surface area contributed by atoms with Crippen molar-refractivity contribution in [2.24, 2.45) is 0 Å². The standard InChI is InChI=1S/C17H27N3O4S2/c1-12(15(22)19-16(23)18-13-7-3-2-4-8-13)24-14(21)11-26-17(25)20-9-5-6-10-20/h12-13H,2-11H2,1H3,(H2,18,19,22,23)/t12-/m0/s1. The van der Waals surface area contributed by atoms with Crippen LogP contribution in [-0.2, 0) is 14.3 Å². The maximum absolute atomic E-state index is 12.0. The number of thioether (sulfide) groups is 1. The Morgan fingerprint density at radius 2 is 1.81 bits per heavy atom. The average molecular weight is 402 g/mol. The fourth-order valence-corrected chi connectivity index (χ4v) is 4.11. The number of hydrogen-bond acceptors (Lipinski definition) is 6. The Morgan fingerprint density at radius 3 is 2.46 bits per heavy atom. The number of rotatable bonds is 5. The molecule has 7 nitrogen and oxygen atoms in total. The topological polar surface area (TPSA) is 87.7 Å². The van der Waals surface area contributed by atoms with Gasteiger partial charge in [-0.3, -0.25) is 14.9 Å². The van der Waals surface area contributed by atoms with Crippen LogP contribution in [0.5, 0.6) is 0 Å². The van der Waals surface area contributed by atoms with Crippen LogP contribution in [0.1, 0.15) is 51.9 Å². The first-order valence-electron chi connectivity index (χ1n) is 9.18. The number of ether oxygens (including phenoxy) is 1. The van der Waals surface area contributed by atoms with Crippen molar-refractivity contribution in [2.75, 3.05) is 18.8 Å². The Labute approximate surface area is 164 Å². The molecule has 2 N–H and O–H groups in total. The summed E-state index contributed by atoms with van der Waals surface area (Å²) in [5.74, 6) is -1.09. The first kappa shape index (κ1) is 21.0. The number of imide groups is 1. The molecule has 0 aromatic carbocycles. The van der Waals surface area contributed by atoms with Crippen molar-refractivity contribution >= 4 is 46.2 Å². The van der Waals surface area contributed by atoms with Gasteiger partial charge in [0.25, 0.3) is 5.91 Å². The van der Waals surface area contributed by atoms with E-state index in [1.54, 1.807) is 0 Å². The van der Waals surface area contributed by atoms with Gasteiger partial charge in [0.05, 0.1) is 5.75 Å². The van der Waals surface area contributed by atoms with Crippen LogP contribution >= 0.6 is 24.0 Å². The molecule has 0 unspecified atom stereocenters. The highest BCUT2D eigenvalue weighted by Gasteiger charge is 2.23. The van der Waals surface area contributed by atoms with E-state index in [4.69, 9.17) is 17.0 Å². The first-order chi connectivity index (χ1) is 12.5. The van der Waals surface area contributed by atoms with E-state index in [-0.39, 0.29) is 11.8 Å². The summed E-state index contributed by atoms with van der Waals surface area (Å²) in [5.41, 5.74) is 0. The highest BCUT2D eigenvalue weighted by Crippen LogP contribution is 2.17. The van der Waals surface area contributed by atoms with Gasteiger partial charge < -0.3 is 15.0 Å². The van der Waals surface area contributed by atoms with Crippen LogP contribution in [0.3, 0.4) is 0 Å². The molecule has 1 aliphatic carbocycles. The van der Waals surface area contributed by atoms with E-state index in [1.807, 2.05) is 0 Å². The second-order valence-electron chi connectivity index (χ2n) is 6.68. The van der Waals surface area contributed by atoms with Gasteiger partial charge in [0.1, 0.15) is 4.32 Å². The molecular weight excluding hydrogens is 374 g/mol. The Balaban J connectivity index is 1.64. The summed E-state index contributed by atoms with van der Waals surface area (Å²) in [6.07, 6.45) is 6.43. The zero-order valence-electron chi connectivity index (χ0n) is 15.1. The molecule has 0 aromatic heterocycles. The van der Waals surface area contributed by atoms with Crippen molar-refractivity contribution in [3.05, 3.63) is 0 Å². The maximum Gasteiger partial charge on any atom is 0.321 e. The third kappa shape index (κ3) is 7.11. The van der Waals surface area contributed by atoms with E-state index >= 15 is 0 Å². The molecule has 2 aliphatic rings. The van der Waals surface area contributed by atoms with E-state index in [0.29, 0.717) is 4.32 Å². The molecule has 0 aromatic rings. The van der Waals surface area contributed by atoms with E-state index in [2.05, 4.69) is 15.5 Å². The predicted molar refractivity (Wildman–Crippen MR) is 105 cm³/mol. The summed E-state index contributed by atoms with van der Waals surface area (Å²) in [6.45, 7) is 3.30. The fourth-order valence-electron chi connectivity index (χ4n) is 3.08. The number of amides is 3. The minimum atomic E-state index is -1.03. The van der Waals surface area contributed by atoms with Gasteiger partial charge in [-0.05, 0) is 32.6 Å². The normalized spacial score (nSPS) is 18.9. The van der Waals surface area contributed by atoms with Gasteiger partial charge in [0.2, 0.25) is 0 Å². The number of esters is 1. The molecule has 3 amide bonds. The first-order valence-corrected chi connectivity index (χ1v) is 10.6. The molecule has 1 aliphatic heterocycles. The Morgan fingerprint density at radius 1 is 1.15 bits per heavy atom. The second-order valence-corrected chi connectivity index (χ2v) is 8.29. The number of nitrogens with one attached hydrogen (secondary N) is 2. The summed E-state index contributed by atoms with van der Waals surface area (Å²) in [7, 11) is 0. The summed E-state index contributed by atoms with van der Waals surface area (Å²) >= 11 is 6.53. The molecule has 0 bridgehead atoms. The smallest absolute Gasteiger partial charge is 0.321 e. The molecule has 26 heavy (non-hydrogen) atoms. The zero-order valence-corrected chi connectivity index (χ0v) is 16.8. The van der Waals surface area contributed by atoms with Crippen LogP contribution in [0.4, 0.5) is 4.79 Å². The van der Waals surface area contributed by atoms with Crippen molar-refractivity contribution in [3.63, 3.8) is 0 Å². The van der Waals surface area contributed by atoms with Gasteiger partial charge in [0, 0.05) is 19.1 Å². The minimum Gasteiger partial charge on any atom is -0.452 e. The maximum atomic E-state index is 12.0. The second kappa shape index (κ2) is 10.7. The Hall–Kier alpha value is -1.35. The van der Waals surface area contributed by atoms with Gasteiger partial charge in [-0.25, -0.2) is 4.79 Å². The van der Waals surface area contributed by atoms with E-state index in [0.717, 1.165) is 51.6 Å². The fraction of sp³-hybridized carbons (Fsp3) is 0.765. The SMILES string of the molecule is C[C@H](OC(=O)CSC(=S)N1CCCC1)C(=O)NC(=O)NC1CCCCC1. The molecule has 0 radical (unpaired) electrons. The minimum absolute atomic E-state index is 0.0568. The van der Waals surface area contributed by atoms with Gasteiger partial charge >= 0.3 is 12.0 Å². The summed E-state index contributed by atoms with van der Waals surface area (Å²) < 4.78 is 5.77. The lowest BCUT2D eigenvalue weighted by Crippen LogP contribution is -2.48. The number of carbonyl (C=O) groups excluding carboxylic acids is 3. The molecule has 0 spiro atoms. The van der Waals surface area contributed by atoms with Crippen LogP contribution in [0, 0.1) is 0 Å². The molecule has 2 fully saturated rings. The van der Waals surface area contributed by atoms with Crippen LogP contribution in [0.25, 0.3) is 0 Å². The molecule has 9 heteroatoms. The third-order valence-corrected chi connectivity index (χ3v) is 6.03. The lowest BCUT2D eigenvalue weighted by atomic mass is 9.96. The Kier molecular flexibility index (Phi) is 8.64. The lowest BCUT2D eigenvalue weighted by Gasteiger charge is -2.23. The van der Waals surface area contributed by atoms with Crippen LogP contribution < -0.4 is 10.6 Å². The molecular formula is C17H27N3O4S2. The van der Waals surface area contributed by atoms with Crippen molar-refractivity contribution in [3.8, 4) is 0 Å². The number of urea groups is 1. The number of thiocarbonyl (C=S) groups is 1. The molecule has 2 rings (SSSR count). The zero-order chi connectivity index (χ0) is 18.9. The van der Waals surface area contributed by atoms with Crippen molar-refractivity contribution in [1.29, 1.82) is 0 Å². The van der Waals surface area contributed by atoms with E-state index in [1.165, 1.54) is 25.1 Å². The molecule has 146 valence electrons. The lowest BCUT2D eigenvalue weighted by molar-refractivity contribution is -0.151. The Bertz CT molecular complexity index is 532. The molecule has 1 atom stereocenters. The highest BCUT2D eigenvalue weighted by molar-refractivity contribution is 8.23. The summed E-state index contributed by atoms with van der Waals surface area (Å²) in [4.78, 5) is 37.8. The number of nitrogens with zero attached hydrogens (tertiary/aromatic N) is 1. The molecule has 1 heterocycles. The van der Waals surface area contributed by atoms with E-state index in [9.17, 15) is 14.4 Å². The number of carbonyl (C=O) groups is 3. The predicted octanol–water partition coefficient (Wildman–Crippen LogP) is 2.19. The van der Waals surface area contributed by atoms with Gasteiger partial charge in [-0.1, -0.05) is 43.2 Å². The largest absolute Gasteiger partial charge is 0.452 e. The van der Waals surface area contributed by atoms with Crippen LogP contribution in [-0.4, -0.2) is 58.1 Å². The summed E-state index contributed by atoms with van der Waals surface area (Å²) in [6, 6.07) is -0.424. The van der Waals surface area contributed by atoms with Crippen molar-refractivity contribution in [1.82, 2.24) is 15.5 Å². The van der Waals surface area contributed by atoms with Gasteiger partial charge in [-0.2, -0.15) is 0 Å². The average Bonchev–Trinajstić information content (AvgIpc) is 3.15. The molecule has 1 saturated heterocycles. The van der Waals surface area contributed by atoms with Gasteiger partial charge in [0.15, 0.2) is 6.10 Å². The number of likely N-dealkylation sites (tertiary alicyclic amines) is 1. The van der Waals surface area contributed by atoms with Crippen molar-refractivity contribution in [2.45, 2.75) is 64.0 Å². The molecule has 1 saturated carbocycles. The van der Waals surface area contributed by atoms with Gasteiger partial charge in [-0.15, -0.1) is 0 Å². The summed E-state index contributed by atoms with van der Waals surface area (Å²) in [5, 5.41) is 5.03. The van der Waals surface area contributed by atoms with Crippen LogP contribution in [0.2, 0.25) is 0 Å².